The number of hydrogen-bond donors (Lipinski definition) is 1. The number of aromatic nitrogens is 2. The molecule has 0 aliphatic heterocycles. The van der Waals surface area contributed by atoms with Crippen LogP contribution in [0.1, 0.15) is 36.1 Å². The van der Waals surface area contributed by atoms with Gasteiger partial charge in [0.15, 0.2) is 0 Å². The number of aryl methyl sites for hydroxylation is 1. The van der Waals surface area contributed by atoms with Crippen LogP contribution in [0.5, 0.6) is 0 Å². The van der Waals surface area contributed by atoms with Crippen LogP contribution < -0.4 is 5.32 Å². The third-order valence-corrected chi connectivity index (χ3v) is 3.19. The fourth-order valence-corrected chi connectivity index (χ4v) is 1.95. The minimum Gasteiger partial charge on any atom is -0.423 e. The first kappa shape index (κ1) is 12.6. The van der Waals surface area contributed by atoms with Crippen LogP contribution in [-0.2, 0) is 6.54 Å². The van der Waals surface area contributed by atoms with Gasteiger partial charge in [-0.15, -0.1) is 10.2 Å². The zero-order valence-corrected chi connectivity index (χ0v) is 11.0. The second-order valence-corrected chi connectivity index (χ2v) is 4.94. The van der Waals surface area contributed by atoms with Crippen LogP contribution in [0.4, 0.5) is 11.4 Å². The number of benzene rings is 1. The number of nitrogens with zero attached hydrogens (tertiary/aromatic N) is 3. The van der Waals surface area contributed by atoms with Crippen LogP contribution in [-0.4, -0.2) is 15.1 Å². The molecule has 0 spiro atoms. The van der Waals surface area contributed by atoms with Crippen LogP contribution in [0, 0.1) is 17.0 Å². The molecule has 20 heavy (non-hydrogen) atoms. The Hall–Kier alpha value is -2.44. The molecule has 1 saturated carbocycles. The molecule has 0 atom stereocenters. The Morgan fingerprint density at radius 3 is 2.95 bits per heavy atom. The Morgan fingerprint density at radius 2 is 2.25 bits per heavy atom. The van der Waals surface area contributed by atoms with Crippen molar-refractivity contribution in [1.82, 2.24) is 10.2 Å². The third-order valence-electron chi connectivity index (χ3n) is 3.19. The smallest absolute Gasteiger partial charge is 0.292 e. The van der Waals surface area contributed by atoms with Gasteiger partial charge in [-0.3, -0.25) is 10.1 Å². The minimum atomic E-state index is -0.404. The fraction of sp³-hybridized carbons (Fsp3) is 0.385. The monoisotopic (exact) mass is 274 g/mol. The topological polar surface area (TPSA) is 94.1 Å². The zero-order valence-electron chi connectivity index (χ0n) is 11.0. The van der Waals surface area contributed by atoms with E-state index in [0.29, 0.717) is 23.4 Å². The lowest BCUT2D eigenvalue weighted by Crippen LogP contribution is -2.03. The van der Waals surface area contributed by atoms with Gasteiger partial charge in [0.1, 0.15) is 5.69 Å². The first-order valence-electron chi connectivity index (χ1n) is 6.44. The largest absolute Gasteiger partial charge is 0.423 e. The quantitative estimate of drug-likeness (QED) is 0.665. The Balaban J connectivity index is 1.72. The van der Waals surface area contributed by atoms with Crippen molar-refractivity contribution in [3.63, 3.8) is 0 Å². The highest BCUT2D eigenvalue weighted by molar-refractivity contribution is 5.62. The summed E-state index contributed by atoms with van der Waals surface area (Å²) in [5.74, 6) is 1.52. The van der Waals surface area contributed by atoms with E-state index in [1.54, 1.807) is 6.07 Å². The molecule has 0 amide bonds. The van der Waals surface area contributed by atoms with Gasteiger partial charge in [0.05, 0.1) is 11.5 Å². The zero-order chi connectivity index (χ0) is 14.1. The van der Waals surface area contributed by atoms with E-state index in [2.05, 4.69) is 15.5 Å². The normalized spacial score (nSPS) is 14.2. The number of anilines is 1. The molecule has 7 heteroatoms. The van der Waals surface area contributed by atoms with E-state index in [1.807, 2.05) is 13.0 Å². The average molecular weight is 274 g/mol. The Kier molecular flexibility index (Phi) is 3.09. The van der Waals surface area contributed by atoms with Gasteiger partial charge in [-0.05, 0) is 31.4 Å². The second-order valence-electron chi connectivity index (χ2n) is 4.94. The molecule has 2 aromatic rings. The summed E-state index contributed by atoms with van der Waals surface area (Å²) in [4.78, 5) is 10.6. The van der Waals surface area contributed by atoms with E-state index >= 15 is 0 Å². The van der Waals surface area contributed by atoms with E-state index in [9.17, 15) is 10.1 Å². The molecule has 0 saturated heterocycles. The summed E-state index contributed by atoms with van der Waals surface area (Å²) in [6, 6.07) is 5.04. The van der Waals surface area contributed by atoms with E-state index in [0.717, 1.165) is 18.4 Å². The molecule has 104 valence electrons. The van der Waals surface area contributed by atoms with Crippen LogP contribution in [0.15, 0.2) is 22.6 Å². The van der Waals surface area contributed by atoms with E-state index < -0.39 is 4.92 Å². The van der Waals surface area contributed by atoms with E-state index in [4.69, 9.17) is 4.42 Å². The Labute approximate surface area is 115 Å². The van der Waals surface area contributed by atoms with Gasteiger partial charge < -0.3 is 9.73 Å². The third kappa shape index (κ3) is 2.61. The van der Waals surface area contributed by atoms with Crippen molar-refractivity contribution >= 4 is 11.4 Å². The highest BCUT2D eigenvalue weighted by Crippen LogP contribution is 2.39. The van der Waals surface area contributed by atoms with E-state index in [1.165, 1.54) is 6.07 Å². The lowest BCUT2D eigenvalue weighted by Gasteiger charge is -2.05. The molecule has 0 unspecified atom stereocenters. The molecule has 7 nitrogen and oxygen atoms in total. The highest BCUT2D eigenvalue weighted by Gasteiger charge is 2.29. The van der Waals surface area contributed by atoms with Crippen LogP contribution in [0.3, 0.4) is 0 Å². The van der Waals surface area contributed by atoms with Crippen molar-refractivity contribution in [2.45, 2.75) is 32.2 Å². The number of nitrogens with one attached hydrogen (secondary N) is 1. The van der Waals surface area contributed by atoms with Gasteiger partial charge in [0.25, 0.3) is 5.69 Å². The van der Waals surface area contributed by atoms with Crippen molar-refractivity contribution in [3.8, 4) is 0 Å². The maximum atomic E-state index is 11.0. The van der Waals surface area contributed by atoms with Gasteiger partial charge in [-0.25, -0.2) is 0 Å². The van der Waals surface area contributed by atoms with Crippen molar-refractivity contribution in [2.24, 2.45) is 0 Å². The van der Waals surface area contributed by atoms with Crippen molar-refractivity contribution in [1.29, 1.82) is 0 Å². The van der Waals surface area contributed by atoms with Gasteiger partial charge in [0, 0.05) is 12.0 Å². The molecule has 1 aromatic heterocycles. The molecule has 1 aromatic carbocycles. The van der Waals surface area contributed by atoms with Crippen LogP contribution in [0.25, 0.3) is 0 Å². The molecule has 1 N–H and O–H groups in total. The molecule has 0 bridgehead atoms. The van der Waals surface area contributed by atoms with Crippen LogP contribution >= 0.6 is 0 Å². The average Bonchev–Trinajstić information content (AvgIpc) is 3.17. The number of hydrogen-bond acceptors (Lipinski definition) is 6. The molecule has 0 radical (unpaired) electrons. The lowest BCUT2D eigenvalue weighted by molar-refractivity contribution is -0.384. The molecular formula is C13H14N4O3. The molecule has 1 fully saturated rings. The summed E-state index contributed by atoms with van der Waals surface area (Å²) in [7, 11) is 0. The molecular weight excluding hydrogens is 260 g/mol. The van der Waals surface area contributed by atoms with Gasteiger partial charge in [-0.1, -0.05) is 6.07 Å². The van der Waals surface area contributed by atoms with Gasteiger partial charge >= 0.3 is 0 Å². The summed E-state index contributed by atoms with van der Waals surface area (Å²) in [5, 5.41) is 21.9. The number of nitro groups is 1. The Bertz CT molecular complexity index is 649. The Morgan fingerprint density at radius 1 is 1.45 bits per heavy atom. The summed E-state index contributed by atoms with van der Waals surface area (Å²) in [6.07, 6.45) is 2.19. The van der Waals surface area contributed by atoms with Gasteiger partial charge in [0.2, 0.25) is 11.8 Å². The molecule has 1 aliphatic carbocycles. The summed E-state index contributed by atoms with van der Waals surface area (Å²) in [6.45, 7) is 2.10. The highest BCUT2D eigenvalue weighted by atomic mass is 16.6. The minimum absolute atomic E-state index is 0.0481. The molecule has 3 rings (SSSR count). The first-order chi connectivity index (χ1) is 9.63. The van der Waals surface area contributed by atoms with Crippen molar-refractivity contribution in [3.05, 3.63) is 45.7 Å². The summed E-state index contributed by atoms with van der Waals surface area (Å²) >= 11 is 0. The molecule has 1 heterocycles. The van der Waals surface area contributed by atoms with Crippen molar-refractivity contribution < 1.29 is 9.34 Å². The first-order valence-corrected chi connectivity index (χ1v) is 6.44. The second kappa shape index (κ2) is 4.92. The van der Waals surface area contributed by atoms with Gasteiger partial charge in [-0.2, -0.15) is 0 Å². The molecule has 1 aliphatic rings. The van der Waals surface area contributed by atoms with Crippen LogP contribution in [0.2, 0.25) is 0 Å². The predicted octanol–water partition coefficient (Wildman–Crippen LogP) is 2.78. The van der Waals surface area contributed by atoms with Crippen molar-refractivity contribution in [2.75, 3.05) is 5.32 Å². The lowest BCUT2D eigenvalue weighted by atomic mass is 10.2. The van der Waals surface area contributed by atoms with E-state index in [-0.39, 0.29) is 12.2 Å². The standard InChI is InChI=1S/C13H14N4O3/c1-8-2-5-10(11(6-8)17(18)19)14-7-12-15-16-13(20-12)9-3-4-9/h2,5-6,9,14H,3-4,7H2,1H3. The number of nitro benzene ring substituents is 1. The predicted molar refractivity (Wildman–Crippen MR) is 71.4 cm³/mol. The number of rotatable bonds is 5. The fourth-order valence-electron chi connectivity index (χ4n) is 1.95. The summed E-state index contributed by atoms with van der Waals surface area (Å²) in [5.41, 5.74) is 1.34. The SMILES string of the molecule is Cc1ccc(NCc2nnc(C3CC3)o2)c([N+](=O)[O-])c1. The maximum absolute atomic E-state index is 11.0. The summed E-state index contributed by atoms with van der Waals surface area (Å²) < 4.78 is 5.50. The maximum Gasteiger partial charge on any atom is 0.292 e.